The van der Waals surface area contributed by atoms with Crippen LogP contribution in [0.25, 0.3) is 0 Å². The molecule has 0 radical (unpaired) electrons. The van der Waals surface area contributed by atoms with Crippen molar-refractivity contribution in [1.82, 2.24) is 0 Å². The van der Waals surface area contributed by atoms with E-state index in [0.29, 0.717) is 0 Å². The zero-order chi connectivity index (χ0) is 13.2. The molecule has 6 heteroatoms. The van der Waals surface area contributed by atoms with Gasteiger partial charge >= 0.3 is 5.97 Å². The van der Waals surface area contributed by atoms with Crippen LogP contribution >= 0.6 is 0 Å². The van der Waals surface area contributed by atoms with Crippen molar-refractivity contribution in [3.05, 3.63) is 23.5 Å². The molecule has 0 saturated heterocycles. The Kier molecular flexibility index (Phi) is 3.77. The predicted molar refractivity (Wildman–Crippen MR) is 66.1 cm³/mol. The summed E-state index contributed by atoms with van der Waals surface area (Å²) in [6.07, 6.45) is 0. The minimum absolute atomic E-state index is 0.0391. The van der Waals surface area contributed by atoms with Gasteiger partial charge in [-0.15, -0.1) is 0 Å². The number of hydrogen-bond acceptors (Lipinski definition) is 4. The number of carbonyl (C=O) groups excluding carboxylic acids is 1. The standard InChI is InChI=1S/C11H16FNO3Si/c1-15-11(14)7-5-10(16-17(2,3)4)8(12)6-9(7)13/h5-6H,13H2,1-4H3. The molecule has 94 valence electrons. The van der Waals surface area contributed by atoms with Gasteiger partial charge in [-0.25, -0.2) is 9.18 Å². The summed E-state index contributed by atoms with van der Waals surface area (Å²) in [6, 6.07) is 2.36. The summed E-state index contributed by atoms with van der Waals surface area (Å²) in [5.74, 6) is -1.14. The van der Waals surface area contributed by atoms with E-state index in [4.69, 9.17) is 10.2 Å². The van der Waals surface area contributed by atoms with E-state index < -0.39 is 20.1 Å². The zero-order valence-corrected chi connectivity index (χ0v) is 11.3. The third-order valence-corrected chi connectivity index (χ3v) is 2.76. The predicted octanol–water partition coefficient (Wildman–Crippen LogP) is 2.41. The highest BCUT2D eigenvalue weighted by Gasteiger charge is 2.21. The Labute approximate surface area is 101 Å². The third kappa shape index (κ3) is 3.45. The van der Waals surface area contributed by atoms with Crippen LogP contribution in [0.2, 0.25) is 19.6 Å². The van der Waals surface area contributed by atoms with Crippen LogP contribution < -0.4 is 10.2 Å². The molecule has 0 aromatic heterocycles. The van der Waals surface area contributed by atoms with Gasteiger partial charge in [0.25, 0.3) is 0 Å². The van der Waals surface area contributed by atoms with Crippen LogP contribution in [0, 0.1) is 5.82 Å². The van der Waals surface area contributed by atoms with Crippen LogP contribution in [0.15, 0.2) is 12.1 Å². The Morgan fingerprint density at radius 2 is 1.94 bits per heavy atom. The largest absolute Gasteiger partial charge is 0.542 e. The molecular weight excluding hydrogens is 241 g/mol. The van der Waals surface area contributed by atoms with Crippen LogP contribution in [-0.4, -0.2) is 21.4 Å². The fraction of sp³-hybridized carbons (Fsp3) is 0.364. The maximum atomic E-state index is 13.6. The quantitative estimate of drug-likeness (QED) is 0.513. The maximum Gasteiger partial charge on any atom is 0.340 e. The number of esters is 1. The number of methoxy groups -OCH3 is 1. The second-order valence-electron chi connectivity index (χ2n) is 4.58. The first kappa shape index (κ1) is 13.5. The van der Waals surface area contributed by atoms with Gasteiger partial charge in [-0.1, -0.05) is 0 Å². The minimum Gasteiger partial charge on any atom is -0.542 e. The molecule has 0 aliphatic heterocycles. The van der Waals surface area contributed by atoms with Gasteiger partial charge in [0.1, 0.15) is 5.75 Å². The molecule has 0 aliphatic rings. The topological polar surface area (TPSA) is 61.5 Å². The van der Waals surface area contributed by atoms with Crippen molar-refractivity contribution in [2.24, 2.45) is 0 Å². The molecule has 4 nitrogen and oxygen atoms in total. The average Bonchev–Trinajstić information content (AvgIpc) is 2.19. The summed E-state index contributed by atoms with van der Waals surface area (Å²) >= 11 is 0. The lowest BCUT2D eigenvalue weighted by molar-refractivity contribution is 0.0601. The number of carbonyl (C=O) groups is 1. The molecule has 0 saturated carbocycles. The van der Waals surface area contributed by atoms with E-state index in [1.54, 1.807) is 0 Å². The summed E-state index contributed by atoms with van der Waals surface area (Å²) < 4.78 is 23.7. The average molecular weight is 257 g/mol. The number of nitrogen functional groups attached to an aromatic ring is 1. The Hall–Kier alpha value is -1.56. The number of halogens is 1. The van der Waals surface area contributed by atoms with Crippen molar-refractivity contribution in [3.63, 3.8) is 0 Å². The van der Waals surface area contributed by atoms with Crippen molar-refractivity contribution in [2.75, 3.05) is 12.8 Å². The molecule has 0 amide bonds. The number of anilines is 1. The monoisotopic (exact) mass is 257 g/mol. The second kappa shape index (κ2) is 4.75. The molecule has 1 aromatic carbocycles. The first-order valence-corrected chi connectivity index (χ1v) is 8.52. The van der Waals surface area contributed by atoms with Gasteiger partial charge in [-0.05, 0) is 25.7 Å². The summed E-state index contributed by atoms with van der Waals surface area (Å²) in [5.41, 5.74) is 5.70. The van der Waals surface area contributed by atoms with Crippen molar-refractivity contribution in [2.45, 2.75) is 19.6 Å². The summed E-state index contributed by atoms with van der Waals surface area (Å²) in [7, 11) is -0.707. The highest BCUT2D eigenvalue weighted by molar-refractivity contribution is 6.70. The molecule has 1 aromatic rings. The van der Waals surface area contributed by atoms with E-state index in [0.717, 1.165) is 6.07 Å². The van der Waals surface area contributed by atoms with E-state index in [1.807, 2.05) is 19.6 Å². The molecule has 0 aliphatic carbocycles. The highest BCUT2D eigenvalue weighted by atomic mass is 28.4. The van der Waals surface area contributed by atoms with E-state index in [2.05, 4.69) is 4.74 Å². The van der Waals surface area contributed by atoms with Crippen LogP contribution in [0.5, 0.6) is 5.75 Å². The first-order chi connectivity index (χ1) is 7.74. The van der Waals surface area contributed by atoms with E-state index in [-0.39, 0.29) is 17.0 Å². The number of benzene rings is 1. The summed E-state index contributed by atoms with van der Waals surface area (Å²) in [6.45, 7) is 5.75. The van der Waals surface area contributed by atoms with Crippen LogP contribution in [-0.2, 0) is 4.74 Å². The Morgan fingerprint density at radius 1 is 1.35 bits per heavy atom. The highest BCUT2D eigenvalue weighted by Crippen LogP contribution is 2.26. The molecule has 0 heterocycles. The van der Waals surface area contributed by atoms with Crippen LogP contribution in [0.3, 0.4) is 0 Å². The van der Waals surface area contributed by atoms with Crippen molar-refractivity contribution < 1.29 is 18.3 Å². The van der Waals surface area contributed by atoms with Crippen LogP contribution in [0.4, 0.5) is 10.1 Å². The minimum atomic E-state index is -1.95. The van der Waals surface area contributed by atoms with Crippen LogP contribution in [0.1, 0.15) is 10.4 Å². The first-order valence-electron chi connectivity index (χ1n) is 5.11. The Morgan fingerprint density at radius 3 is 2.41 bits per heavy atom. The summed E-state index contributed by atoms with van der Waals surface area (Å²) in [5, 5.41) is 0. The molecule has 17 heavy (non-hydrogen) atoms. The Bertz CT molecular complexity index is 443. The fourth-order valence-corrected chi connectivity index (χ4v) is 2.08. The van der Waals surface area contributed by atoms with E-state index in [1.165, 1.54) is 13.2 Å². The molecule has 0 fully saturated rings. The van der Waals surface area contributed by atoms with E-state index in [9.17, 15) is 9.18 Å². The van der Waals surface area contributed by atoms with Gasteiger partial charge in [0.15, 0.2) is 5.82 Å². The van der Waals surface area contributed by atoms with Gasteiger partial charge in [0.2, 0.25) is 8.32 Å². The second-order valence-corrected chi connectivity index (χ2v) is 9.00. The van der Waals surface area contributed by atoms with E-state index >= 15 is 0 Å². The summed E-state index contributed by atoms with van der Waals surface area (Å²) in [4.78, 5) is 11.4. The number of rotatable bonds is 3. The molecule has 0 atom stereocenters. The third-order valence-electron chi connectivity index (χ3n) is 1.93. The molecule has 2 N–H and O–H groups in total. The van der Waals surface area contributed by atoms with Gasteiger partial charge in [0, 0.05) is 11.8 Å². The lowest BCUT2D eigenvalue weighted by Crippen LogP contribution is -2.30. The molecule has 1 rings (SSSR count). The molecular formula is C11H16FNO3Si. The van der Waals surface area contributed by atoms with Gasteiger partial charge < -0.3 is 14.9 Å². The van der Waals surface area contributed by atoms with Crippen molar-refractivity contribution >= 4 is 20.0 Å². The smallest absolute Gasteiger partial charge is 0.340 e. The number of nitrogens with two attached hydrogens (primary N) is 1. The lowest BCUT2D eigenvalue weighted by Gasteiger charge is -2.20. The van der Waals surface area contributed by atoms with Crippen molar-refractivity contribution in [3.8, 4) is 5.75 Å². The molecule has 0 unspecified atom stereocenters. The van der Waals surface area contributed by atoms with Gasteiger partial charge in [-0.3, -0.25) is 0 Å². The maximum absolute atomic E-state index is 13.6. The van der Waals surface area contributed by atoms with Crippen molar-refractivity contribution in [1.29, 1.82) is 0 Å². The Balaban J connectivity index is 3.19. The normalized spacial score (nSPS) is 11.1. The molecule has 0 bridgehead atoms. The number of hydrogen-bond donors (Lipinski definition) is 1. The lowest BCUT2D eigenvalue weighted by atomic mass is 10.1. The van der Waals surface area contributed by atoms with Gasteiger partial charge in [0.05, 0.1) is 12.7 Å². The zero-order valence-electron chi connectivity index (χ0n) is 10.3. The number of ether oxygens (including phenoxy) is 1. The van der Waals surface area contributed by atoms with Gasteiger partial charge in [-0.2, -0.15) is 0 Å². The SMILES string of the molecule is COC(=O)c1cc(O[Si](C)(C)C)c(F)cc1N. The fourth-order valence-electron chi connectivity index (χ4n) is 1.26. The molecule has 0 spiro atoms.